The van der Waals surface area contributed by atoms with Crippen LogP contribution < -0.4 is 0 Å². The predicted octanol–water partition coefficient (Wildman–Crippen LogP) is 2.86. The van der Waals surface area contributed by atoms with Crippen LogP contribution in [0.5, 0.6) is 0 Å². The second-order valence-electron chi connectivity index (χ2n) is 4.31. The number of hydrogen-bond donors (Lipinski definition) is 0. The summed E-state index contributed by atoms with van der Waals surface area (Å²) in [5.74, 6) is 3.57. The first-order valence-electron chi connectivity index (χ1n) is 5.55. The summed E-state index contributed by atoms with van der Waals surface area (Å²) in [7, 11) is 0. The molecule has 0 aliphatic carbocycles. The van der Waals surface area contributed by atoms with Crippen molar-refractivity contribution < 1.29 is 0 Å². The average molecular weight is 201 g/mol. The van der Waals surface area contributed by atoms with E-state index in [1.165, 1.54) is 37.4 Å². The Morgan fingerprint density at radius 1 is 1.54 bits per heavy atom. The van der Waals surface area contributed by atoms with E-state index in [0.717, 1.165) is 12.0 Å². The van der Waals surface area contributed by atoms with Crippen molar-refractivity contribution in [2.75, 3.05) is 24.6 Å². The minimum absolute atomic E-state index is 0.797. The fourth-order valence-corrected chi connectivity index (χ4v) is 3.05. The Morgan fingerprint density at radius 2 is 2.31 bits per heavy atom. The molecule has 1 rings (SSSR count). The molecule has 2 unspecified atom stereocenters. The van der Waals surface area contributed by atoms with E-state index in [9.17, 15) is 0 Å². The normalized spacial score (nSPS) is 28.4. The van der Waals surface area contributed by atoms with Gasteiger partial charge >= 0.3 is 0 Å². The lowest BCUT2D eigenvalue weighted by molar-refractivity contribution is 0.193. The molecule has 1 aliphatic rings. The zero-order valence-electron chi connectivity index (χ0n) is 9.25. The summed E-state index contributed by atoms with van der Waals surface area (Å²) in [6.45, 7) is 9.66. The predicted molar refractivity (Wildman–Crippen MR) is 62.4 cm³/mol. The summed E-state index contributed by atoms with van der Waals surface area (Å²) in [4.78, 5) is 2.67. The van der Waals surface area contributed by atoms with Gasteiger partial charge in [-0.3, -0.25) is 4.90 Å². The molecule has 1 heterocycles. The van der Waals surface area contributed by atoms with E-state index >= 15 is 0 Å². The summed E-state index contributed by atoms with van der Waals surface area (Å²) >= 11 is 2.12. The van der Waals surface area contributed by atoms with Crippen molar-refractivity contribution in [3.63, 3.8) is 0 Å². The Labute approximate surface area is 87.3 Å². The Bertz CT molecular complexity index is 138. The summed E-state index contributed by atoms with van der Waals surface area (Å²) in [6, 6.07) is 0.797. The average Bonchev–Trinajstić information content (AvgIpc) is 2.30. The molecule has 1 aliphatic heterocycles. The number of thioether (sulfide) groups is 1. The standard InChI is InChI=1S/C11H23NS/c1-4-5-11(3)12-6-7-13-9-10(2)8-12/h10-11H,4-9H2,1-3H3. The van der Waals surface area contributed by atoms with Crippen LogP contribution in [0, 0.1) is 5.92 Å². The van der Waals surface area contributed by atoms with Crippen LogP contribution in [-0.2, 0) is 0 Å². The van der Waals surface area contributed by atoms with Crippen molar-refractivity contribution in [2.45, 2.75) is 39.7 Å². The van der Waals surface area contributed by atoms with Crippen LogP contribution in [-0.4, -0.2) is 35.5 Å². The van der Waals surface area contributed by atoms with Gasteiger partial charge in [0.05, 0.1) is 0 Å². The van der Waals surface area contributed by atoms with E-state index in [1.807, 2.05) is 0 Å². The summed E-state index contributed by atoms with van der Waals surface area (Å²) in [6.07, 6.45) is 2.68. The fourth-order valence-electron chi connectivity index (χ4n) is 2.01. The van der Waals surface area contributed by atoms with Gasteiger partial charge in [-0.1, -0.05) is 20.3 Å². The zero-order chi connectivity index (χ0) is 9.68. The lowest BCUT2D eigenvalue weighted by Crippen LogP contribution is -2.36. The van der Waals surface area contributed by atoms with E-state index in [2.05, 4.69) is 37.4 Å². The van der Waals surface area contributed by atoms with Gasteiger partial charge in [-0.2, -0.15) is 11.8 Å². The van der Waals surface area contributed by atoms with Gasteiger partial charge in [0.15, 0.2) is 0 Å². The highest BCUT2D eigenvalue weighted by molar-refractivity contribution is 7.99. The minimum Gasteiger partial charge on any atom is -0.300 e. The minimum atomic E-state index is 0.797. The van der Waals surface area contributed by atoms with E-state index in [1.54, 1.807) is 0 Å². The molecule has 0 aromatic heterocycles. The smallest absolute Gasteiger partial charge is 0.00753 e. The summed E-state index contributed by atoms with van der Waals surface area (Å²) in [5.41, 5.74) is 0. The van der Waals surface area contributed by atoms with E-state index < -0.39 is 0 Å². The molecule has 1 fully saturated rings. The maximum atomic E-state index is 2.67. The highest BCUT2D eigenvalue weighted by Crippen LogP contribution is 2.18. The lowest BCUT2D eigenvalue weighted by Gasteiger charge is -2.28. The van der Waals surface area contributed by atoms with Crippen molar-refractivity contribution in [3.8, 4) is 0 Å². The quantitative estimate of drug-likeness (QED) is 0.691. The van der Waals surface area contributed by atoms with E-state index in [-0.39, 0.29) is 0 Å². The van der Waals surface area contributed by atoms with Crippen molar-refractivity contribution >= 4 is 11.8 Å². The monoisotopic (exact) mass is 201 g/mol. The molecule has 1 saturated heterocycles. The van der Waals surface area contributed by atoms with Gasteiger partial charge in [-0.25, -0.2) is 0 Å². The third-order valence-electron chi connectivity index (χ3n) is 2.80. The Balaban J connectivity index is 2.37. The van der Waals surface area contributed by atoms with Crippen molar-refractivity contribution in [1.29, 1.82) is 0 Å². The Morgan fingerprint density at radius 3 is 3.00 bits per heavy atom. The van der Waals surface area contributed by atoms with Crippen molar-refractivity contribution in [3.05, 3.63) is 0 Å². The molecule has 0 radical (unpaired) electrons. The molecule has 2 heteroatoms. The molecule has 13 heavy (non-hydrogen) atoms. The number of rotatable bonds is 3. The van der Waals surface area contributed by atoms with Crippen LogP contribution in [0.25, 0.3) is 0 Å². The van der Waals surface area contributed by atoms with Crippen LogP contribution in [0.4, 0.5) is 0 Å². The molecule has 0 bridgehead atoms. The van der Waals surface area contributed by atoms with Gasteiger partial charge in [-0.15, -0.1) is 0 Å². The topological polar surface area (TPSA) is 3.24 Å². The second-order valence-corrected chi connectivity index (χ2v) is 5.46. The molecule has 0 amide bonds. The highest BCUT2D eigenvalue weighted by atomic mass is 32.2. The van der Waals surface area contributed by atoms with Crippen LogP contribution in [0.2, 0.25) is 0 Å². The molecular formula is C11H23NS. The first kappa shape index (κ1) is 11.4. The molecule has 0 spiro atoms. The zero-order valence-corrected chi connectivity index (χ0v) is 10.1. The van der Waals surface area contributed by atoms with Crippen LogP contribution in [0.15, 0.2) is 0 Å². The first-order chi connectivity index (χ1) is 6.24. The third-order valence-corrected chi connectivity index (χ3v) is 4.08. The fraction of sp³-hybridized carbons (Fsp3) is 1.00. The molecule has 1 nitrogen and oxygen atoms in total. The van der Waals surface area contributed by atoms with Crippen LogP contribution in [0.3, 0.4) is 0 Å². The molecule has 0 saturated carbocycles. The van der Waals surface area contributed by atoms with Gasteiger partial charge < -0.3 is 0 Å². The maximum absolute atomic E-state index is 2.67. The maximum Gasteiger partial charge on any atom is 0.00753 e. The molecule has 2 atom stereocenters. The molecule has 0 N–H and O–H groups in total. The second kappa shape index (κ2) is 5.92. The van der Waals surface area contributed by atoms with Crippen LogP contribution in [0.1, 0.15) is 33.6 Å². The molecular weight excluding hydrogens is 178 g/mol. The SMILES string of the molecule is CCCC(C)N1CCSCC(C)C1. The van der Waals surface area contributed by atoms with Crippen molar-refractivity contribution in [2.24, 2.45) is 5.92 Å². The molecule has 0 aromatic rings. The summed E-state index contributed by atoms with van der Waals surface area (Å²) in [5, 5.41) is 0. The van der Waals surface area contributed by atoms with Gasteiger partial charge in [0.25, 0.3) is 0 Å². The largest absolute Gasteiger partial charge is 0.300 e. The molecule has 0 aromatic carbocycles. The van der Waals surface area contributed by atoms with Gasteiger partial charge in [0, 0.05) is 24.9 Å². The van der Waals surface area contributed by atoms with E-state index in [4.69, 9.17) is 0 Å². The number of nitrogens with zero attached hydrogens (tertiary/aromatic N) is 1. The lowest BCUT2D eigenvalue weighted by atomic mass is 10.1. The summed E-state index contributed by atoms with van der Waals surface area (Å²) < 4.78 is 0. The Hall–Kier alpha value is 0.310. The highest BCUT2D eigenvalue weighted by Gasteiger charge is 2.18. The van der Waals surface area contributed by atoms with Crippen LogP contribution >= 0.6 is 11.8 Å². The van der Waals surface area contributed by atoms with Gasteiger partial charge in [0.2, 0.25) is 0 Å². The van der Waals surface area contributed by atoms with E-state index in [0.29, 0.717) is 0 Å². The van der Waals surface area contributed by atoms with Gasteiger partial charge in [-0.05, 0) is 25.0 Å². The van der Waals surface area contributed by atoms with Gasteiger partial charge in [0.1, 0.15) is 0 Å². The molecule has 78 valence electrons. The van der Waals surface area contributed by atoms with Crippen molar-refractivity contribution in [1.82, 2.24) is 4.90 Å². The third kappa shape index (κ3) is 3.90. The Kier molecular flexibility index (Phi) is 5.18. The number of hydrogen-bond acceptors (Lipinski definition) is 2. The first-order valence-corrected chi connectivity index (χ1v) is 6.71.